The Kier molecular flexibility index (Phi) is 5.04. The maximum absolute atomic E-state index is 5.91. The molecule has 3 nitrogen and oxygen atoms in total. The molecular weight excluding hydrogens is 268 g/mol. The third kappa shape index (κ3) is 3.74. The first kappa shape index (κ1) is 14.9. The van der Waals surface area contributed by atoms with Gasteiger partial charge in [-0.15, -0.1) is 11.3 Å². The molecule has 4 heteroatoms. The zero-order valence-corrected chi connectivity index (χ0v) is 13.0. The van der Waals surface area contributed by atoms with Crippen LogP contribution in [0.5, 0.6) is 5.75 Å². The lowest BCUT2D eigenvalue weighted by Gasteiger charge is -2.19. The number of benzene rings is 1. The second-order valence-corrected chi connectivity index (χ2v) is 6.11. The van der Waals surface area contributed by atoms with Crippen molar-refractivity contribution >= 4 is 17.0 Å². The Morgan fingerprint density at radius 3 is 2.60 bits per heavy atom. The molecule has 0 saturated carbocycles. The summed E-state index contributed by atoms with van der Waals surface area (Å²) in [4.78, 5) is 1.18. The molecule has 20 heavy (non-hydrogen) atoms. The third-order valence-electron chi connectivity index (χ3n) is 3.10. The Morgan fingerprint density at radius 2 is 1.95 bits per heavy atom. The fourth-order valence-electron chi connectivity index (χ4n) is 2.05. The highest BCUT2D eigenvalue weighted by atomic mass is 32.1. The Bertz CT molecular complexity index is 551. The van der Waals surface area contributed by atoms with Gasteiger partial charge in [0.1, 0.15) is 5.75 Å². The number of thiophene rings is 1. The highest BCUT2D eigenvalue weighted by Gasteiger charge is 2.12. The van der Waals surface area contributed by atoms with Crippen LogP contribution < -0.4 is 15.8 Å². The van der Waals surface area contributed by atoms with Gasteiger partial charge in [-0.2, -0.15) is 0 Å². The molecule has 0 spiro atoms. The van der Waals surface area contributed by atoms with E-state index in [2.05, 4.69) is 18.3 Å². The van der Waals surface area contributed by atoms with E-state index < -0.39 is 0 Å². The third-order valence-corrected chi connectivity index (χ3v) is 4.03. The van der Waals surface area contributed by atoms with E-state index in [4.69, 9.17) is 10.5 Å². The summed E-state index contributed by atoms with van der Waals surface area (Å²) < 4.78 is 5.87. The molecule has 1 aromatic heterocycles. The Morgan fingerprint density at radius 1 is 1.20 bits per heavy atom. The van der Waals surface area contributed by atoms with Crippen LogP contribution >= 0.6 is 11.3 Å². The van der Waals surface area contributed by atoms with Gasteiger partial charge in [0.05, 0.1) is 6.10 Å². The van der Waals surface area contributed by atoms with E-state index in [1.165, 1.54) is 10.4 Å². The summed E-state index contributed by atoms with van der Waals surface area (Å²) in [5, 5.41) is 5.53. The van der Waals surface area contributed by atoms with Gasteiger partial charge in [-0.05, 0) is 38.3 Å². The van der Waals surface area contributed by atoms with Gasteiger partial charge in [-0.25, -0.2) is 0 Å². The summed E-state index contributed by atoms with van der Waals surface area (Å²) in [6.45, 7) is 7.01. The van der Waals surface area contributed by atoms with Crippen LogP contribution in [0.4, 0.5) is 5.69 Å². The van der Waals surface area contributed by atoms with Crippen molar-refractivity contribution < 1.29 is 4.74 Å². The number of rotatable bonds is 6. The molecule has 0 radical (unpaired) electrons. The number of para-hydroxylation sites is 1. The molecule has 0 amide bonds. The molecule has 0 fully saturated rings. The average Bonchev–Trinajstić information content (AvgIpc) is 2.81. The van der Waals surface area contributed by atoms with Crippen LogP contribution in [0.15, 0.2) is 35.7 Å². The standard InChI is InChI=1S/C16H22N2OS/c1-11(2)19-15-7-5-4-6-13(15)12(3)18-10-16-14(17)8-9-20-16/h4-9,11-12,18H,10,17H2,1-3H3. The van der Waals surface area contributed by atoms with Gasteiger partial charge in [0.25, 0.3) is 0 Å². The van der Waals surface area contributed by atoms with Crippen LogP contribution in [0.3, 0.4) is 0 Å². The van der Waals surface area contributed by atoms with Crippen LogP contribution in [-0.4, -0.2) is 6.10 Å². The zero-order chi connectivity index (χ0) is 14.5. The number of nitrogens with two attached hydrogens (primary N) is 1. The molecule has 1 atom stereocenters. The first-order valence-corrected chi connectivity index (χ1v) is 7.76. The van der Waals surface area contributed by atoms with Crippen molar-refractivity contribution in [2.45, 2.75) is 39.5 Å². The fraction of sp³-hybridized carbons (Fsp3) is 0.375. The van der Waals surface area contributed by atoms with Crippen molar-refractivity contribution in [3.8, 4) is 5.75 Å². The van der Waals surface area contributed by atoms with E-state index in [9.17, 15) is 0 Å². The predicted octanol–water partition coefficient (Wildman–Crippen LogP) is 3.97. The van der Waals surface area contributed by atoms with E-state index >= 15 is 0 Å². The minimum atomic E-state index is 0.177. The van der Waals surface area contributed by atoms with E-state index in [1.807, 2.05) is 43.5 Å². The number of ether oxygens (including phenoxy) is 1. The number of hydrogen-bond acceptors (Lipinski definition) is 4. The summed E-state index contributed by atoms with van der Waals surface area (Å²) in [5.74, 6) is 0.946. The van der Waals surface area contributed by atoms with Gasteiger partial charge in [0.15, 0.2) is 0 Å². The van der Waals surface area contributed by atoms with Crippen molar-refractivity contribution in [1.29, 1.82) is 0 Å². The van der Waals surface area contributed by atoms with Crippen LogP contribution in [-0.2, 0) is 6.54 Å². The first-order valence-electron chi connectivity index (χ1n) is 6.88. The molecule has 3 N–H and O–H groups in total. The number of nitrogen functional groups attached to an aromatic ring is 1. The minimum Gasteiger partial charge on any atom is -0.491 e. The van der Waals surface area contributed by atoms with E-state index in [0.717, 1.165) is 18.0 Å². The molecule has 0 saturated heterocycles. The van der Waals surface area contributed by atoms with Gasteiger partial charge in [-0.1, -0.05) is 18.2 Å². The first-order chi connectivity index (χ1) is 9.58. The number of hydrogen-bond donors (Lipinski definition) is 2. The average molecular weight is 290 g/mol. The molecule has 0 bridgehead atoms. The monoisotopic (exact) mass is 290 g/mol. The molecular formula is C16H22N2OS. The van der Waals surface area contributed by atoms with Crippen molar-refractivity contribution in [3.63, 3.8) is 0 Å². The fourth-order valence-corrected chi connectivity index (χ4v) is 2.80. The Labute approximate surface area is 124 Å². The molecule has 2 rings (SSSR count). The predicted molar refractivity (Wildman–Crippen MR) is 86.2 cm³/mol. The zero-order valence-electron chi connectivity index (χ0n) is 12.2. The van der Waals surface area contributed by atoms with Crippen molar-refractivity contribution in [2.75, 3.05) is 5.73 Å². The smallest absolute Gasteiger partial charge is 0.124 e. The van der Waals surface area contributed by atoms with Gasteiger partial charge < -0.3 is 15.8 Å². The van der Waals surface area contributed by atoms with E-state index in [0.29, 0.717) is 0 Å². The van der Waals surface area contributed by atoms with E-state index in [-0.39, 0.29) is 12.1 Å². The lowest BCUT2D eigenvalue weighted by Crippen LogP contribution is -2.19. The maximum Gasteiger partial charge on any atom is 0.124 e. The molecule has 108 valence electrons. The second-order valence-electron chi connectivity index (χ2n) is 5.11. The molecule has 1 aromatic carbocycles. The van der Waals surface area contributed by atoms with Crippen LogP contribution in [0.1, 0.15) is 37.3 Å². The van der Waals surface area contributed by atoms with Crippen LogP contribution in [0.2, 0.25) is 0 Å². The minimum absolute atomic E-state index is 0.177. The molecule has 1 unspecified atom stereocenters. The molecule has 0 aliphatic heterocycles. The molecule has 0 aliphatic carbocycles. The SMILES string of the molecule is CC(C)Oc1ccccc1C(C)NCc1sccc1N. The number of anilines is 1. The van der Waals surface area contributed by atoms with Gasteiger partial charge in [0, 0.05) is 28.7 Å². The highest BCUT2D eigenvalue weighted by Crippen LogP contribution is 2.27. The molecule has 2 aromatic rings. The maximum atomic E-state index is 5.91. The summed E-state index contributed by atoms with van der Waals surface area (Å²) in [5.41, 5.74) is 7.95. The van der Waals surface area contributed by atoms with E-state index in [1.54, 1.807) is 11.3 Å². The lowest BCUT2D eigenvalue weighted by molar-refractivity contribution is 0.238. The topological polar surface area (TPSA) is 47.3 Å². The van der Waals surface area contributed by atoms with Gasteiger partial charge >= 0.3 is 0 Å². The van der Waals surface area contributed by atoms with Crippen molar-refractivity contribution in [1.82, 2.24) is 5.32 Å². The van der Waals surface area contributed by atoms with Gasteiger partial charge in [-0.3, -0.25) is 0 Å². The van der Waals surface area contributed by atoms with Crippen LogP contribution in [0, 0.1) is 0 Å². The summed E-state index contributed by atoms with van der Waals surface area (Å²) in [6, 6.07) is 10.3. The highest BCUT2D eigenvalue weighted by molar-refractivity contribution is 7.10. The van der Waals surface area contributed by atoms with Gasteiger partial charge in [0.2, 0.25) is 0 Å². The number of nitrogens with one attached hydrogen (secondary N) is 1. The van der Waals surface area contributed by atoms with Crippen molar-refractivity contribution in [2.24, 2.45) is 0 Å². The normalized spacial score (nSPS) is 12.6. The molecule has 0 aliphatic rings. The summed E-state index contributed by atoms with van der Waals surface area (Å²) in [6.07, 6.45) is 0.177. The Balaban J connectivity index is 2.05. The lowest BCUT2D eigenvalue weighted by atomic mass is 10.1. The second kappa shape index (κ2) is 6.77. The van der Waals surface area contributed by atoms with Crippen molar-refractivity contribution in [3.05, 3.63) is 46.2 Å². The molecule has 1 heterocycles. The summed E-state index contributed by atoms with van der Waals surface area (Å²) in [7, 11) is 0. The largest absolute Gasteiger partial charge is 0.491 e. The summed E-state index contributed by atoms with van der Waals surface area (Å²) >= 11 is 1.68. The van der Waals surface area contributed by atoms with Crippen LogP contribution in [0.25, 0.3) is 0 Å². The quantitative estimate of drug-likeness (QED) is 0.846. The Hall–Kier alpha value is -1.52.